The Balaban J connectivity index is 3.26. The van der Waals surface area contributed by atoms with Crippen LogP contribution in [-0.2, 0) is 24.7 Å². The number of hydrogen-bond donors (Lipinski definition) is 2. The van der Waals surface area contributed by atoms with E-state index in [9.17, 15) is 52.7 Å². The Morgan fingerprint density at radius 3 is 0.700 bits per heavy atom. The van der Waals surface area contributed by atoms with Gasteiger partial charge in [-0.3, -0.25) is 0 Å². The van der Waals surface area contributed by atoms with Gasteiger partial charge in [0, 0.05) is 22.5 Å². The van der Waals surface area contributed by atoms with Gasteiger partial charge in [-0.1, -0.05) is 0 Å². The molecule has 0 aromatic heterocycles. The fourth-order valence-corrected chi connectivity index (χ4v) is 2.76. The van der Waals surface area contributed by atoms with Crippen molar-refractivity contribution in [3.05, 3.63) is 46.5 Å². The van der Waals surface area contributed by atoms with Crippen molar-refractivity contribution >= 4 is 11.4 Å². The van der Waals surface area contributed by atoms with Crippen LogP contribution < -0.4 is 11.5 Å². The van der Waals surface area contributed by atoms with E-state index < -0.39 is 69.5 Å². The third kappa shape index (κ3) is 4.51. The quantitative estimate of drug-likeness (QED) is 0.376. The lowest BCUT2D eigenvalue weighted by Gasteiger charge is -2.25. The molecule has 14 heteroatoms. The fourth-order valence-electron chi connectivity index (χ4n) is 2.76. The number of alkyl halides is 12. The van der Waals surface area contributed by atoms with Gasteiger partial charge in [0.2, 0.25) is 0 Å². The summed E-state index contributed by atoms with van der Waals surface area (Å²) >= 11 is 0. The second-order valence-electron chi connectivity index (χ2n) is 5.97. The zero-order valence-electron chi connectivity index (χ0n) is 14.0. The summed E-state index contributed by atoms with van der Waals surface area (Å²) in [6, 6.07) is -0.717. The Kier molecular flexibility index (Phi) is 5.38. The van der Waals surface area contributed by atoms with Crippen molar-refractivity contribution in [2.75, 3.05) is 11.5 Å². The molecule has 0 amide bonds. The zero-order chi connectivity index (χ0) is 23.4. The molecule has 0 saturated carbocycles. The van der Waals surface area contributed by atoms with Crippen LogP contribution in [0.5, 0.6) is 0 Å². The number of benzene rings is 2. The molecule has 0 atom stereocenters. The van der Waals surface area contributed by atoms with Gasteiger partial charge < -0.3 is 11.5 Å². The van der Waals surface area contributed by atoms with Crippen LogP contribution in [0.1, 0.15) is 22.3 Å². The molecule has 0 aliphatic rings. The smallest absolute Gasteiger partial charge is 0.399 e. The van der Waals surface area contributed by atoms with Gasteiger partial charge in [-0.05, 0) is 24.3 Å². The lowest BCUT2D eigenvalue weighted by Crippen LogP contribution is -2.21. The highest BCUT2D eigenvalue weighted by molar-refractivity contribution is 5.82. The average molecular weight is 456 g/mol. The van der Waals surface area contributed by atoms with Crippen molar-refractivity contribution in [3.8, 4) is 11.1 Å². The Bertz CT molecular complexity index is 815. The number of nitrogen functional groups attached to an aromatic ring is 2. The Morgan fingerprint density at radius 1 is 0.400 bits per heavy atom. The van der Waals surface area contributed by atoms with Crippen LogP contribution in [-0.4, -0.2) is 0 Å². The molecule has 2 aromatic carbocycles. The van der Waals surface area contributed by atoms with Crippen LogP contribution in [0.15, 0.2) is 24.3 Å². The van der Waals surface area contributed by atoms with Gasteiger partial charge in [-0.15, -0.1) is 0 Å². The van der Waals surface area contributed by atoms with Gasteiger partial charge in [0.05, 0.1) is 22.3 Å². The molecule has 0 spiro atoms. The molecule has 166 valence electrons. The van der Waals surface area contributed by atoms with E-state index in [1.165, 1.54) is 0 Å². The molecule has 4 N–H and O–H groups in total. The maximum Gasteiger partial charge on any atom is 0.417 e. The highest BCUT2D eigenvalue weighted by Gasteiger charge is 2.48. The number of rotatable bonds is 1. The molecule has 2 nitrogen and oxygen atoms in total. The molecule has 0 bridgehead atoms. The summed E-state index contributed by atoms with van der Waals surface area (Å²) in [5, 5.41) is 0. The third-order valence-electron chi connectivity index (χ3n) is 3.79. The molecule has 0 unspecified atom stereocenters. The summed E-state index contributed by atoms with van der Waals surface area (Å²) in [5.41, 5.74) is -6.72. The van der Waals surface area contributed by atoms with E-state index in [0.29, 0.717) is 0 Å². The van der Waals surface area contributed by atoms with Gasteiger partial charge in [-0.25, -0.2) is 0 Å². The van der Waals surface area contributed by atoms with Crippen LogP contribution in [0.4, 0.5) is 64.1 Å². The van der Waals surface area contributed by atoms with Crippen molar-refractivity contribution in [2.45, 2.75) is 24.7 Å². The minimum absolute atomic E-state index is 0.179. The summed E-state index contributed by atoms with van der Waals surface area (Å²) < 4.78 is 161. The maximum absolute atomic E-state index is 13.4. The zero-order valence-corrected chi connectivity index (χ0v) is 14.0. The highest BCUT2D eigenvalue weighted by Crippen LogP contribution is 2.52. The fraction of sp³-hybridized carbons (Fsp3) is 0.250. The molecule has 2 aromatic rings. The normalized spacial score (nSPS) is 13.6. The van der Waals surface area contributed by atoms with Gasteiger partial charge in [0.15, 0.2) is 0 Å². The van der Waals surface area contributed by atoms with Gasteiger partial charge in [0.25, 0.3) is 0 Å². The second-order valence-corrected chi connectivity index (χ2v) is 5.97. The Labute approximate surface area is 159 Å². The van der Waals surface area contributed by atoms with E-state index in [-0.39, 0.29) is 24.3 Å². The molecule has 2 rings (SSSR count). The predicted molar refractivity (Wildman–Crippen MR) is 80.7 cm³/mol. The van der Waals surface area contributed by atoms with E-state index in [4.69, 9.17) is 11.5 Å². The van der Waals surface area contributed by atoms with Crippen LogP contribution in [0, 0.1) is 0 Å². The maximum atomic E-state index is 13.4. The topological polar surface area (TPSA) is 52.0 Å². The highest BCUT2D eigenvalue weighted by atomic mass is 19.4. The number of hydrogen-bond acceptors (Lipinski definition) is 2. The van der Waals surface area contributed by atoms with Crippen molar-refractivity contribution in [2.24, 2.45) is 0 Å². The first-order chi connectivity index (χ1) is 13.2. The minimum Gasteiger partial charge on any atom is -0.399 e. The average Bonchev–Trinajstić information content (AvgIpc) is 2.50. The number of nitrogens with two attached hydrogens (primary N) is 2. The van der Waals surface area contributed by atoms with E-state index in [2.05, 4.69) is 0 Å². The number of halogens is 12. The largest absolute Gasteiger partial charge is 0.417 e. The van der Waals surface area contributed by atoms with Crippen LogP contribution in [0.25, 0.3) is 11.1 Å². The van der Waals surface area contributed by atoms with Crippen molar-refractivity contribution in [1.29, 1.82) is 0 Å². The molecule has 0 aliphatic heterocycles. The molecule has 0 radical (unpaired) electrons. The molecule has 30 heavy (non-hydrogen) atoms. The molecule has 0 heterocycles. The van der Waals surface area contributed by atoms with E-state index >= 15 is 0 Å². The first kappa shape index (κ1) is 23.5. The van der Waals surface area contributed by atoms with Gasteiger partial charge in [0.1, 0.15) is 0 Å². The summed E-state index contributed by atoms with van der Waals surface area (Å²) in [6.07, 6.45) is -23.1. The van der Waals surface area contributed by atoms with Crippen LogP contribution in [0.2, 0.25) is 0 Å². The molecular weight excluding hydrogens is 448 g/mol. The summed E-state index contributed by atoms with van der Waals surface area (Å²) in [4.78, 5) is 0. The third-order valence-corrected chi connectivity index (χ3v) is 3.79. The summed E-state index contributed by atoms with van der Waals surface area (Å²) in [6.45, 7) is 0. The van der Waals surface area contributed by atoms with Gasteiger partial charge >= 0.3 is 24.7 Å². The Morgan fingerprint density at radius 2 is 0.567 bits per heavy atom. The lowest BCUT2D eigenvalue weighted by molar-refractivity contribution is -0.146. The molecular formula is C16H8F12N2. The van der Waals surface area contributed by atoms with Gasteiger partial charge in [-0.2, -0.15) is 52.7 Å². The first-order valence-corrected chi connectivity index (χ1v) is 7.40. The lowest BCUT2D eigenvalue weighted by atomic mass is 9.86. The summed E-state index contributed by atoms with van der Waals surface area (Å²) in [5.74, 6) is 0. The first-order valence-electron chi connectivity index (χ1n) is 7.40. The second kappa shape index (κ2) is 6.87. The molecule has 0 saturated heterocycles. The minimum atomic E-state index is -5.78. The van der Waals surface area contributed by atoms with E-state index in [1.807, 2.05) is 0 Å². The van der Waals surface area contributed by atoms with Crippen molar-refractivity contribution < 1.29 is 52.7 Å². The van der Waals surface area contributed by atoms with Crippen molar-refractivity contribution in [3.63, 3.8) is 0 Å². The number of anilines is 2. The standard InChI is InChI=1S/C16H8F12N2/c17-13(18,19)7-1-5(29)2-8(14(20,21)22)11(7)12-9(15(23,24)25)3-6(30)4-10(12)16(26,27)28/h1-4H,29-30H2. The molecule has 0 fully saturated rings. The van der Waals surface area contributed by atoms with Crippen LogP contribution in [0.3, 0.4) is 0 Å². The SMILES string of the molecule is Nc1cc(C(F)(F)F)c(-c2c(C(F)(F)F)cc(N)cc2C(F)(F)F)c(C(F)(F)F)c1. The Hall–Kier alpha value is -2.80. The van der Waals surface area contributed by atoms with E-state index in [1.54, 1.807) is 0 Å². The molecule has 0 aliphatic carbocycles. The summed E-state index contributed by atoms with van der Waals surface area (Å²) in [7, 11) is 0. The van der Waals surface area contributed by atoms with Crippen molar-refractivity contribution in [1.82, 2.24) is 0 Å². The monoisotopic (exact) mass is 456 g/mol. The van der Waals surface area contributed by atoms with Crippen LogP contribution >= 0.6 is 0 Å². The van der Waals surface area contributed by atoms with E-state index in [0.717, 1.165) is 0 Å². The predicted octanol–water partition coefficient (Wildman–Crippen LogP) is 6.59.